The van der Waals surface area contributed by atoms with Gasteiger partial charge in [-0.2, -0.15) is 0 Å². The van der Waals surface area contributed by atoms with Crippen molar-refractivity contribution in [3.8, 4) is 11.3 Å². The average Bonchev–Trinajstić information content (AvgIpc) is 3.23. The first-order chi connectivity index (χ1) is 12.7. The number of hydrogen-bond acceptors (Lipinski definition) is 3. The van der Waals surface area contributed by atoms with E-state index in [0.717, 1.165) is 31.9 Å². The zero-order chi connectivity index (χ0) is 17.9. The second-order valence-electron chi connectivity index (χ2n) is 5.96. The highest BCUT2D eigenvalue weighted by molar-refractivity contribution is 9.10. The fourth-order valence-corrected chi connectivity index (χ4v) is 4.04. The molecule has 138 valence electrons. The van der Waals surface area contributed by atoms with Crippen molar-refractivity contribution < 1.29 is 4.79 Å². The van der Waals surface area contributed by atoms with Gasteiger partial charge in [0, 0.05) is 33.9 Å². The molecule has 0 saturated carbocycles. The van der Waals surface area contributed by atoms with Crippen molar-refractivity contribution in [2.45, 2.75) is 13.0 Å². The lowest BCUT2D eigenvalue weighted by molar-refractivity contribution is -0.120. The van der Waals surface area contributed by atoms with Gasteiger partial charge in [0.25, 0.3) is 0 Å². The normalized spacial score (nSPS) is 10.6. The van der Waals surface area contributed by atoms with Gasteiger partial charge in [-0.3, -0.25) is 9.20 Å². The minimum absolute atomic E-state index is 0. The molecular weight excluding hydrogens is 446 g/mol. The molecule has 4 rings (SSSR count). The number of amides is 1. The molecule has 0 spiro atoms. The van der Waals surface area contributed by atoms with E-state index in [0.29, 0.717) is 13.0 Å². The van der Waals surface area contributed by atoms with Crippen LogP contribution in [-0.4, -0.2) is 15.3 Å². The van der Waals surface area contributed by atoms with Crippen molar-refractivity contribution >= 4 is 50.5 Å². The molecule has 0 unspecified atom stereocenters. The molecule has 2 aromatic heterocycles. The molecule has 0 saturated heterocycles. The maximum atomic E-state index is 12.3. The Morgan fingerprint density at radius 2 is 1.96 bits per heavy atom. The topological polar surface area (TPSA) is 46.4 Å². The highest BCUT2D eigenvalue weighted by atomic mass is 79.9. The van der Waals surface area contributed by atoms with Gasteiger partial charge in [0.2, 0.25) is 5.91 Å². The van der Waals surface area contributed by atoms with Crippen LogP contribution in [0.3, 0.4) is 0 Å². The van der Waals surface area contributed by atoms with Gasteiger partial charge in [-0.25, -0.2) is 4.98 Å². The highest BCUT2D eigenvalue weighted by Crippen LogP contribution is 2.25. The van der Waals surface area contributed by atoms with E-state index in [4.69, 9.17) is 0 Å². The SMILES string of the molecule is Cl.O=C(Cc1csc2nc(-c3cccc(Br)c3)cn12)NCc1ccccc1. The van der Waals surface area contributed by atoms with Crippen LogP contribution in [-0.2, 0) is 17.8 Å². The zero-order valence-corrected chi connectivity index (χ0v) is 17.5. The van der Waals surface area contributed by atoms with Gasteiger partial charge in [0.1, 0.15) is 0 Å². The van der Waals surface area contributed by atoms with E-state index in [1.54, 1.807) is 11.3 Å². The summed E-state index contributed by atoms with van der Waals surface area (Å²) in [7, 11) is 0. The van der Waals surface area contributed by atoms with Crippen LogP contribution in [0.2, 0.25) is 0 Å². The van der Waals surface area contributed by atoms with Crippen LogP contribution in [0.15, 0.2) is 70.6 Å². The predicted molar refractivity (Wildman–Crippen MR) is 115 cm³/mol. The van der Waals surface area contributed by atoms with E-state index in [9.17, 15) is 4.79 Å². The van der Waals surface area contributed by atoms with Crippen LogP contribution in [0.1, 0.15) is 11.3 Å². The van der Waals surface area contributed by atoms with Gasteiger partial charge in [0.05, 0.1) is 12.1 Å². The Kier molecular flexibility index (Phi) is 6.31. The minimum Gasteiger partial charge on any atom is -0.352 e. The number of carbonyl (C=O) groups excluding carboxylic acids is 1. The molecule has 0 radical (unpaired) electrons. The van der Waals surface area contributed by atoms with Crippen LogP contribution in [0, 0.1) is 0 Å². The molecule has 0 atom stereocenters. The lowest BCUT2D eigenvalue weighted by atomic mass is 10.2. The number of carbonyl (C=O) groups is 1. The summed E-state index contributed by atoms with van der Waals surface area (Å²) in [6, 6.07) is 18.0. The largest absolute Gasteiger partial charge is 0.352 e. The summed E-state index contributed by atoms with van der Waals surface area (Å²) in [5, 5.41) is 4.97. The van der Waals surface area contributed by atoms with E-state index in [1.165, 1.54) is 0 Å². The van der Waals surface area contributed by atoms with Gasteiger partial charge in [-0.1, -0.05) is 58.4 Å². The smallest absolute Gasteiger partial charge is 0.226 e. The molecule has 2 heterocycles. The monoisotopic (exact) mass is 461 g/mol. The number of nitrogens with one attached hydrogen (secondary N) is 1. The molecule has 1 amide bonds. The fourth-order valence-electron chi connectivity index (χ4n) is 2.77. The van der Waals surface area contributed by atoms with Gasteiger partial charge in [-0.15, -0.1) is 23.7 Å². The number of imidazole rings is 1. The van der Waals surface area contributed by atoms with Crippen LogP contribution in [0.25, 0.3) is 16.2 Å². The van der Waals surface area contributed by atoms with E-state index < -0.39 is 0 Å². The second kappa shape index (κ2) is 8.69. The first-order valence-corrected chi connectivity index (χ1v) is 9.88. The second-order valence-corrected chi connectivity index (χ2v) is 7.71. The summed E-state index contributed by atoms with van der Waals surface area (Å²) in [6.45, 7) is 0.542. The minimum atomic E-state index is 0. The quantitative estimate of drug-likeness (QED) is 0.448. The molecule has 7 heteroatoms. The maximum absolute atomic E-state index is 12.3. The number of aromatic nitrogens is 2. The molecular formula is C20H17BrClN3OS. The number of thiazole rings is 1. The van der Waals surface area contributed by atoms with E-state index >= 15 is 0 Å². The molecule has 0 fully saturated rings. The standard InChI is InChI=1S/C20H16BrN3OS.ClH/c21-16-8-4-7-15(9-16)18-12-24-17(13-26-20(24)23-18)10-19(25)22-11-14-5-2-1-3-6-14;/h1-9,12-13H,10-11H2,(H,22,25);1H. The summed E-state index contributed by atoms with van der Waals surface area (Å²) in [5.41, 5.74) is 4.00. The third-order valence-electron chi connectivity index (χ3n) is 4.08. The number of halogens is 2. The Hall–Kier alpha value is -2.15. The Balaban J connectivity index is 0.00000210. The lowest BCUT2D eigenvalue weighted by Gasteiger charge is -2.05. The van der Waals surface area contributed by atoms with E-state index in [2.05, 4.69) is 26.2 Å². The Morgan fingerprint density at radius 3 is 2.74 bits per heavy atom. The van der Waals surface area contributed by atoms with Gasteiger partial charge in [0.15, 0.2) is 4.96 Å². The van der Waals surface area contributed by atoms with E-state index in [1.807, 2.05) is 70.6 Å². The molecule has 0 aliphatic rings. The van der Waals surface area contributed by atoms with Gasteiger partial charge >= 0.3 is 0 Å². The molecule has 27 heavy (non-hydrogen) atoms. The Bertz CT molecular complexity index is 1060. The van der Waals surface area contributed by atoms with Crippen molar-refractivity contribution in [3.63, 3.8) is 0 Å². The zero-order valence-electron chi connectivity index (χ0n) is 14.3. The van der Waals surface area contributed by atoms with Crippen LogP contribution in [0.4, 0.5) is 0 Å². The molecule has 0 aliphatic heterocycles. The summed E-state index contributed by atoms with van der Waals surface area (Å²) >= 11 is 5.04. The third-order valence-corrected chi connectivity index (χ3v) is 5.46. The number of benzene rings is 2. The van der Waals surface area contributed by atoms with Crippen LogP contribution < -0.4 is 5.32 Å². The number of nitrogens with zero attached hydrogens (tertiary/aromatic N) is 2. The molecule has 4 nitrogen and oxygen atoms in total. The first-order valence-electron chi connectivity index (χ1n) is 8.21. The van der Waals surface area contributed by atoms with Crippen molar-refractivity contribution in [2.24, 2.45) is 0 Å². The molecule has 2 aromatic carbocycles. The number of fused-ring (bicyclic) bond motifs is 1. The Morgan fingerprint density at radius 1 is 1.15 bits per heavy atom. The maximum Gasteiger partial charge on any atom is 0.226 e. The third kappa shape index (κ3) is 4.58. The van der Waals surface area contributed by atoms with Gasteiger partial charge < -0.3 is 5.32 Å². The summed E-state index contributed by atoms with van der Waals surface area (Å²) in [5.74, 6) is 0.00580. The van der Waals surface area contributed by atoms with Crippen LogP contribution >= 0.6 is 39.7 Å². The first kappa shape index (κ1) is 19.6. The molecule has 0 aliphatic carbocycles. The average molecular weight is 463 g/mol. The Labute approximate surface area is 175 Å². The predicted octanol–water partition coefficient (Wildman–Crippen LogP) is 5.11. The van der Waals surface area contributed by atoms with Crippen molar-refractivity contribution in [3.05, 3.63) is 81.9 Å². The van der Waals surface area contributed by atoms with Gasteiger partial charge in [-0.05, 0) is 17.7 Å². The van der Waals surface area contributed by atoms with Crippen LogP contribution in [0.5, 0.6) is 0 Å². The van der Waals surface area contributed by atoms with Crippen molar-refractivity contribution in [1.82, 2.24) is 14.7 Å². The number of rotatable bonds is 5. The summed E-state index contributed by atoms with van der Waals surface area (Å²) in [6.07, 6.45) is 2.33. The fraction of sp³-hybridized carbons (Fsp3) is 0.100. The molecule has 0 bridgehead atoms. The number of hydrogen-bond donors (Lipinski definition) is 1. The highest BCUT2D eigenvalue weighted by Gasteiger charge is 2.12. The van der Waals surface area contributed by atoms with Crippen molar-refractivity contribution in [2.75, 3.05) is 0 Å². The summed E-state index contributed by atoms with van der Waals surface area (Å²) < 4.78 is 3.02. The molecule has 1 N–H and O–H groups in total. The van der Waals surface area contributed by atoms with Crippen molar-refractivity contribution in [1.29, 1.82) is 0 Å². The van der Waals surface area contributed by atoms with E-state index in [-0.39, 0.29) is 18.3 Å². The summed E-state index contributed by atoms with van der Waals surface area (Å²) in [4.78, 5) is 17.9. The lowest BCUT2D eigenvalue weighted by Crippen LogP contribution is -2.24. The molecule has 4 aromatic rings.